The summed E-state index contributed by atoms with van der Waals surface area (Å²) in [7, 11) is 0. The Balaban J connectivity index is 1.97. The molecule has 146 valence electrons. The molecule has 0 aromatic heterocycles. The highest BCUT2D eigenvalue weighted by atomic mass is 19.1. The van der Waals surface area contributed by atoms with Gasteiger partial charge in [0.15, 0.2) is 17.5 Å². The third kappa shape index (κ3) is 6.14. The Bertz CT molecular complexity index is 589. The van der Waals surface area contributed by atoms with Crippen molar-refractivity contribution in [3.63, 3.8) is 0 Å². The van der Waals surface area contributed by atoms with Crippen LogP contribution in [0.4, 0.5) is 4.39 Å². The smallest absolute Gasteiger partial charge is 0.191 e. The first-order valence-corrected chi connectivity index (χ1v) is 9.32. The molecule has 2 rings (SSSR count). The summed E-state index contributed by atoms with van der Waals surface area (Å²) >= 11 is 0. The third-order valence-corrected chi connectivity index (χ3v) is 4.54. The minimum Gasteiger partial charge on any atom is -0.505 e. The van der Waals surface area contributed by atoms with Crippen LogP contribution in [0, 0.1) is 11.7 Å². The Morgan fingerprint density at radius 2 is 2.04 bits per heavy atom. The van der Waals surface area contributed by atoms with E-state index in [-0.39, 0.29) is 5.75 Å². The highest BCUT2D eigenvalue weighted by molar-refractivity contribution is 5.79. The Hall–Kier alpha value is -1.86. The van der Waals surface area contributed by atoms with Crippen LogP contribution in [0.5, 0.6) is 5.75 Å². The molecule has 6 nitrogen and oxygen atoms in total. The van der Waals surface area contributed by atoms with Crippen molar-refractivity contribution in [3.05, 3.63) is 29.6 Å². The third-order valence-electron chi connectivity index (χ3n) is 4.54. The number of phenols is 1. The van der Waals surface area contributed by atoms with Crippen LogP contribution < -0.4 is 10.6 Å². The molecule has 1 aromatic rings. The van der Waals surface area contributed by atoms with E-state index < -0.39 is 5.82 Å². The van der Waals surface area contributed by atoms with Crippen LogP contribution in [-0.2, 0) is 11.3 Å². The molecule has 1 saturated heterocycles. The van der Waals surface area contributed by atoms with Crippen molar-refractivity contribution in [1.82, 2.24) is 15.5 Å². The molecule has 1 aromatic carbocycles. The van der Waals surface area contributed by atoms with E-state index in [0.717, 1.165) is 39.4 Å². The van der Waals surface area contributed by atoms with Crippen molar-refractivity contribution in [3.8, 4) is 5.75 Å². The Morgan fingerprint density at radius 3 is 2.65 bits per heavy atom. The summed E-state index contributed by atoms with van der Waals surface area (Å²) in [5, 5.41) is 15.9. The van der Waals surface area contributed by atoms with Crippen molar-refractivity contribution >= 4 is 5.96 Å². The van der Waals surface area contributed by atoms with E-state index in [9.17, 15) is 9.50 Å². The fourth-order valence-corrected chi connectivity index (χ4v) is 3.06. The fraction of sp³-hybridized carbons (Fsp3) is 0.632. The molecule has 1 aliphatic rings. The Morgan fingerprint density at radius 1 is 1.31 bits per heavy atom. The SMILES string of the molecule is CCNC(=NCc1ccc(O)c(F)c1)NCC(C(C)C)N1CCOCC1. The van der Waals surface area contributed by atoms with Gasteiger partial charge in [-0.25, -0.2) is 9.38 Å². The lowest BCUT2D eigenvalue weighted by atomic mass is 10.0. The maximum atomic E-state index is 13.5. The predicted molar refractivity (Wildman–Crippen MR) is 102 cm³/mol. The molecule has 1 atom stereocenters. The number of halogens is 1. The van der Waals surface area contributed by atoms with Gasteiger partial charge in [-0.1, -0.05) is 19.9 Å². The van der Waals surface area contributed by atoms with Crippen LogP contribution in [0.2, 0.25) is 0 Å². The van der Waals surface area contributed by atoms with Crippen LogP contribution in [0.3, 0.4) is 0 Å². The normalized spacial score (nSPS) is 17.3. The van der Waals surface area contributed by atoms with Crippen LogP contribution >= 0.6 is 0 Å². The quantitative estimate of drug-likeness (QED) is 0.508. The van der Waals surface area contributed by atoms with Gasteiger partial charge in [0.05, 0.1) is 19.8 Å². The number of guanidine groups is 1. The van der Waals surface area contributed by atoms with Gasteiger partial charge in [-0.3, -0.25) is 4.90 Å². The zero-order valence-electron chi connectivity index (χ0n) is 16.0. The van der Waals surface area contributed by atoms with Crippen LogP contribution in [0.1, 0.15) is 26.3 Å². The van der Waals surface area contributed by atoms with Gasteiger partial charge in [0.25, 0.3) is 0 Å². The number of morpholine rings is 1. The molecule has 0 radical (unpaired) electrons. The van der Waals surface area contributed by atoms with Crippen LogP contribution in [0.15, 0.2) is 23.2 Å². The number of hydrogen-bond acceptors (Lipinski definition) is 4. The van der Waals surface area contributed by atoms with E-state index in [1.807, 2.05) is 6.92 Å². The van der Waals surface area contributed by atoms with E-state index in [2.05, 4.69) is 34.4 Å². The minimum atomic E-state index is -0.622. The summed E-state index contributed by atoms with van der Waals surface area (Å²) in [5.74, 6) is 0.255. The average Bonchev–Trinajstić information content (AvgIpc) is 2.63. The lowest BCUT2D eigenvalue weighted by Crippen LogP contribution is -2.52. The number of hydrogen-bond donors (Lipinski definition) is 3. The molecule has 0 saturated carbocycles. The number of phenolic OH excluding ortho intramolecular Hbond substituents is 1. The zero-order chi connectivity index (χ0) is 18.9. The van der Waals surface area contributed by atoms with Crippen LogP contribution in [-0.4, -0.2) is 61.4 Å². The summed E-state index contributed by atoms with van der Waals surface area (Å²) in [5.41, 5.74) is 0.714. The first-order valence-electron chi connectivity index (χ1n) is 9.32. The van der Waals surface area contributed by atoms with Gasteiger partial charge < -0.3 is 20.5 Å². The Kier molecular flexibility index (Phi) is 8.12. The Labute approximate surface area is 155 Å². The first-order chi connectivity index (χ1) is 12.5. The molecular weight excluding hydrogens is 335 g/mol. The standard InChI is InChI=1S/C19H31FN4O2/c1-4-21-19(22-12-15-5-6-18(25)16(20)11-15)23-13-17(14(2)3)24-7-9-26-10-8-24/h5-6,11,14,17,25H,4,7-10,12-13H2,1-3H3,(H2,21,22,23). The molecule has 26 heavy (non-hydrogen) atoms. The van der Waals surface area contributed by atoms with Crippen molar-refractivity contribution in [2.24, 2.45) is 10.9 Å². The number of nitrogens with zero attached hydrogens (tertiary/aromatic N) is 2. The summed E-state index contributed by atoms with van der Waals surface area (Å²) in [4.78, 5) is 6.99. The van der Waals surface area contributed by atoms with Gasteiger partial charge in [0.2, 0.25) is 0 Å². The number of ether oxygens (including phenoxy) is 1. The van der Waals surface area contributed by atoms with E-state index in [1.165, 1.54) is 12.1 Å². The van der Waals surface area contributed by atoms with Gasteiger partial charge in [-0.2, -0.15) is 0 Å². The fourth-order valence-electron chi connectivity index (χ4n) is 3.06. The second kappa shape index (κ2) is 10.3. The molecule has 0 aliphatic carbocycles. The summed E-state index contributed by atoms with van der Waals surface area (Å²) in [6.07, 6.45) is 0. The van der Waals surface area contributed by atoms with Gasteiger partial charge in [0.1, 0.15) is 0 Å². The molecule has 1 unspecified atom stereocenters. The number of rotatable bonds is 7. The predicted octanol–water partition coefficient (Wildman–Crippen LogP) is 1.94. The molecule has 0 amide bonds. The topological polar surface area (TPSA) is 69.1 Å². The van der Waals surface area contributed by atoms with Gasteiger partial charge in [-0.05, 0) is 30.5 Å². The maximum absolute atomic E-state index is 13.5. The lowest BCUT2D eigenvalue weighted by molar-refractivity contribution is 0.00752. The number of aliphatic imine (C=N–C) groups is 1. The van der Waals surface area contributed by atoms with Crippen molar-refractivity contribution in [1.29, 1.82) is 0 Å². The summed E-state index contributed by atoms with van der Waals surface area (Å²) < 4.78 is 18.9. The number of benzene rings is 1. The van der Waals surface area contributed by atoms with Crippen molar-refractivity contribution in [2.75, 3.05) is 39.4 Å². The largest absolute Gasteiger partial charge is 0.505 e. The highest BCUT2D eigenvalue weighted by Gasteiger charge is 2.23. The molecule has 7 heteroatoms. The molecule has 3 N–H and O–H groups in total. The van der Waals surface area contributed by atoms with Gasteiger partial charge in [-0.15, -0.1) is 0 Å². The molecule has 0 spiro atoms. The number of nitrogens with one attached hydrogen (secondary N) is 2. The summed E-state index contributed by atoms with van der Waals surface area (Å²) in [6.45, 7) is 11.8. The zero-order valence-corrected chi connectivity index (χ0v) is 16.0. The van der Waals surface area contributed by atoms with E-state index >= 15 is 0 Å². The van der Waals surface area contributed by atoms with E-state index in [4.69, 9.17) is 4.74 Å². The monoisotopic (exact) mass is 366 g/mol. The second-order valence-corrected chi connectivity index (χ2v) is 6.82. The van der Waals surface area contributed by atoms with Crippen molar-refractivity contribution < 1.29 is 14.2 Å². The second-order valence-electron chi connectivity index (χ2n) is 6.82. The number of aromatic hydroxyl groups is 1. The van der Waals surface area contributed by atoms with Gasteiger partial charge >= 0.3 is 0 Å². The molecule has 1 fully saturated rings. The van der Waals surface area contributed by atoms with Crippen LogP contribution in [0.25, 0.3) is 0 Å². The average molecular weight is 366 g/mol. The van der Waals surface area contributed by atoms with E-state index in [0.29, 0.717) is 30.0 Å². The minimum absolute atomic E-state index is 0.340. The lowest BCUT2D eigenvalue weighted by Gasteiger charge is -2.37. The van der Waals surface area contributed by atoms with Crippen molar-refractivity contribution in [2.45, 2.75) is 33.4 Å². The summed E-state index contributed by atoms with van der Waals surface area (Å²) in [6, 6.07) is 4.74. The molecule has 1 aliphatic heterocycles. The maximum Gasteiger partial charge on any atom is 0.191 e. The highest BCUT2D eigenvalue weighted by Crippen LogP contribution is 2.16. The first kappa shape index (κ1) is 20.5. The van der Waals surface area contributed by atoms with E-state index in [1.54, 1.807) is 6.07 Å². The molecule has 1 heterocycles. The molecule has 0 bridgehead atoms. The molecular formula is C19H31FN4O2. The van der Waals surface area contributed by atoms with Gasteiger partial charge in [0, 0.05) is 32.2 Å².